The van der Waals surface area contributed by atoms with Crippen molar-refractivity contribution in [1.82, 2.24) is 0 Å². The molecule has 0 aromatic carbocycles. The van der Waals surface area contributed by atoms with Crippen molar-refractivity contribution in [3.63, 3.8) is 0 Å². The lowest BCUT2D eigenvalue weighted by molar-refractivity contribution is 0.759. The summed E-state index contributed by atoms with van der Waals surface area (Å²) in [7, 11) is 0. The zero-order valence-electron chi connectivity index (χ0n) is 4.23. The first kappa shape index (κ1) is 5.36. The monoisotopic (exact) mass is 160 g/mol. The van der Waals surface area contributed by atoms with Gasteiger partial charge in [0.05, 0.1) is 0 Å². The fourth-order valence-electron chi connectivity index (χ4n) is 0.757. The lowest BCUT2D eigenvalue weighted by atomic mass is 10.1. The highest BCUT2D eigenvalue weighted by molar-refractivity contribution is 9.09. The third-order valence-electron chi connectivity index (χ3n) is 1.21. The smallest absolute Gasteiger partial charge is 0.0183 e. The number of rotatable bonds is 0. The van der Waals surface area contributed by atoms with Gasteiger partial charge in [-0.2, -0.15) is 0 Å². The van der Waals surface area contributed by atoms with Gasteiger partial charge in [0.1, 0.15) is 0 Å². The van der Waals surface area contributed by atoms with Gasteiger partial charge in [0.25, 0.3) is 0 Å². The molecule has 1 aliphatic rings. The largest absolute Gasteiger partial charge is 0.0887 e. The van der Waals surface area contributed by atoms with Gasteiger partial charge in [-0.1, -0.05) is 28.1 Å². The standard InChI is InChI=1S/C6H9Br/c7-6-4-2-1-3-5-6/h1-2,6H,3-5H2/t6-/m1/s1. The normalized spacial score (nSPS) is 30.7. The molecule has 1 heteroatoms. The van der Waals surface area contributed by atoms with Crippen LogP contribution in [-0.2, 0) is 0 Å². The Kier molecular flexibility index (Phi) is 1.92. The third kappa shape index (κ3) is 1.64. The molecule has 0 aliphatic heterocycles. The van der Waals surface area contributed by atoms with E-state index in [1.807, 2.05) is 0 Å². The highest BCUT2D eigenvalue weighted by atomic mass is 79.9. The Bertz CT molecular complexity index is 76.2. The molecule has 0 nitrogen and oxygen atoms in total. The number of allylic oxidation sites excluding steroid dienone is 2. The predicted octanol–water partition coefficient (Wildman–Crippen LogP) is 2.49. The minimum atomic E-state index is 0.762. The zero-order chi connectivity index (χ0) is 5.11. The van der Waals surface area contributed by atoms with E-state index in [-0.39, 0.29) is 0 Å². The maximum Gasteiger partial charge on any atom is 0.0183 e. The molecule has 0 amide bonds. The van der Waals surface area contributed by atoms with Gasteiger partial charge in [0, 0.05) is 4.83 Å². The van der Waals surface area contributed by atoms with Crippen molar-refractivity contribution < 1.29 is 0 Å². The summed E-state index contributed by atoms with van der Waals surface area (Å²) < 4.78 is 0. The van der Waals surface area contributed by atoms with E-state index >= 15 is 0 Å². The number of hydrogen-bond acceptors (Lipinski definition) is 0. The van der Waals surface area contributed by atoms with Crippen LogP contribution in [0.4, 0.5) is 0 Å². The van der Waals surface area contributed by atoms with Crippen LogP contribution in [-0.4, -0.2) is 4.83 Å². The second kappa shape index (κ2) is 2.51. The summed E-state index contributed by atoms with van der Waals surface area (Å²) in [6, 6.07) is 0. The fraction of sp³-hybridized carbons (Fsp3) is 0.667. The molecule has 0 radical (unpaired) electrons. The number of alkyl halides is 1. The summed E-state index contributed by atoms with van der Waals surface area (Å²) in [5, 5.41) is 0. The Morgan fingerprint density at radius 2 is 2.29 bits per heavy atom. The van der Waals surface area contributed by atoms with E-state index in [0.29, 0.717) is 0 Å². The molecular formula is C6H9Br. The van der Waals surface area contributed by atoms with Gasteiger partial charge in [0.2, 0.25) is 0 Å². The van der Waals surface area contributed by atoms with E-state index < -0.39 is 0 Å². The van der Waals surface area contributed by atoms with Crippen LogP contribution in [0.5, 0.6) is 0 Å². The molecule has 0 bridgehead atoms. The summed E-state index contributed by atoms with van der Waals surface area (Å²) in [6.07, 6.45) is 8.28. The Morgan fingerprint density at radius 1 is 1.43 bits per heavy atom. The topological polar surface area (TPSA) is 0 Å². The van der Waals surface area contributed by atoms with E-state index in [2.05, 4.69) is 28.1 Å². The molecule has 0 aromatic rings. The Hall–Kier alpha value is 0.220. The molecule has 0 saturated carbocycles. The van der Waals surface area contributed by atoms with Crippen molar-refractivity contribution in [1.29, 1.82) is 0 Å². The first-order valence-corrected chi connectivity index (χ1v) is 3.60. The van der Waals surface area contributed by atoms with Crippen molar-refractivity contribution in [2.45, 2.75) is 24.1 Å². The molecule has 0 spiro atoms. The molecule has 0 N–H and O–H groups in total. The van der Waals surface area contributed by atoms with Crippen molar-refractivity contribution in [2.75, 3.05) is 0 Å². The Morgan fingerprint density at radius 3 is 2.57 bits per heavy atom. The van der Waals surface area contributed by atoms with Crippen LogP contribution in [0, 0.1) is 0 Å². The van der Waals surface area contributed by atoms with E-state index in [1.54, 1.807) is 0 Å². The lowest BCUT2D eigenvalue weighted by Crippen LogP contribution is -1.97. The van der Waals surface area contributed by atoms with Gasteiger partial charge in [0.15, 0.2) is 0 Å². The predicted molar refractivity (Wildman–Crippen MR) is 35.7 cm³/mol. The first-order valence-electron chi connectivity index (χ1n) is 2.68. The molecule has 0 fully saturated rings. The van der Waals surface area contributed by atoms with Crippen LogP contribution in [0.1, 0.15) is 19.3 Å². The minimum absolute atomic E-state index is 0.762. The SMILES string of the molecule is Br[C@@H]1CC=CCC1. The second-order valence-corrected chi connectivity index (χ2v) is 3.18. The summed E-state index contributed by atoms with van der Waals surface area (Å²) in [5.74, 6) is 0. The van der Waals surface area contributed by atoms with Crippen molar-refractivity contribution >= 4 is 15.9 Å². The van der Waals surface area contributed by atoms with Crippen molar-refractivity contribution in [2.24, 2.45) is 0 Å². The third-order valence-corrected chi connectivity index (χ3v) is 2.04. The van der Waals surface area contributed by atoms with E-state index in [0.717, 1.165) is 4.83 Å². The van der Waals surface area contributed by atoms with Gasteiger partial charge >= 0.3 is 0 Å². The van der Waals surface area contributed by atoms with Crippen molar-refractivity contribution in [3.05, 3.63) is 12.2 Å². The van der Waals surface area contributed by atoms with Gasteiger partial charge < -0.3 is 0 Å². The highest BCUT2D eigenvalue weighted by Gasteiger charge is 2.02. The van der Waals surface area contributed by atoms with Gasteiger partial charge in [-0.15, -0.1) is 0 Å². The van der Waals surface area contributed by atoms with E-state index in [9.17, 15) is 0 Å². The maximum atomic E-state index is 3.54. The maximum absolute atomic E-state index is 3.54. The Balaban J connectivity index is 2.32. The summed E-state index contributed by atoms with van der Waals surface area (Å²) in [6.45, 7) is 0. The highest BCUT2D eigenvalue weighted by Crippen LogP contribution is 2.17. The molecule has 7 heavy (non-hydrogen) atoms. The van der Waals surface area contributed by atoms with E-state index in [4.69, 9.17) is 0 Å². The molecule has 1 atom stereocenters. The summed E-state index contributed by atoms with van der Waals surface area (Å²) >= 11 is 3.54. The van der Waals surface area contributed by atoms with Crippen LogP contribution in [0.3, 0.4) is 0 Å². The zero-order valence-corrected chi connectivity index (χ0v) is 5.82. The molecule has 40 valence electrons. The van der Waals surface area contributed by atoms with Crippen LogP contribution in [0.25, 0.3) is 0 Å². The molecule has 1 rings (SSSR count). The fourth-order valence-corrected chi connectivity index (χ4v) is 1.24. The molecule has 0 heterocycles. The quantitative estimate of drug-likeness (QED) is 0.378. The van der Waals surface area contributed by atoms with Gasteiger partial charge in [-0.05, 0) is 19.3 Å². The van der Waals surface area contributed by atoms with Crippen LogP contribution in [0.15, 0.2) is 12.2 Å². The number of hydrogen-bond donors (Lipinski definition) is 0. The molecule has 0 aromatic heterocycles. The minimum Gasteiger partial charge on any atom is -0.0887 e. The molecule has 0 saturated heterocycles. The lowest BCUT2D eigenvalue weighted by Gasteiger charge is -2.07. The van der Waals surface area contributed by atoms with Gasteiger partial charge in [-0.25, -0.2) is 0 Å². The van der Waals surface area contributed by atoms with Crippen molar-refractivity contribution in [3.8, 4) is 0 Å². The average Bonchev–Trinajstić information content (AvgIpc) is 1.69. The second-order valence-electron chi connectivity index (χ2n) is 1.88. The summed E-state index contributed by atoms with van der Waals surface area (Å²) in [4.78, 5) is 0.762. The van der Waals surface area contributed by atoms with E-state index in [1.165, 1.54) is 19.3 Å². The molecular weight excluding hydrogens is 152 g/mol. The first-order chi connectivity index (χ1) is 3.39. The molecule has 0 unspecified atom stereocenters. The summed E-state index contributed by atoms with van der Waals surface area (Å²) in [5.41, 5.74) is 0. The van der Waals surface area contributed by atoms with Crippen LogP contribution >= 0.6 is 15.9 Å². The average molecular weight is 161 g/mol. The van der Waals surface area contributed by atoms with Gasteiger partial charge in [-0.3, -0.25) is 0 Å². The van der Waals surface area contributed by atoms with Crippen LogP contribution < -0.4 is 0 Å². The molecule has 1 aliphatic carbocycles. The number of halogens is 1. The Labute approximate surface area is 52.7 Å². The van der Waals surface area contributed by atoms with Crippen LogP contribution in [0.2, 0.25) is 0 Å².